The second-order valence-electron chi connectivity index (χ2n) is 9.85. The number of anilines is 2. The molecule has 0 aliphatic rings. The Morgan fingerprint density at radius 2 is 1.43 bits per heavy atom. The van der Waals surface area contributed by atoms with Gasteiger partial charge in [-0.2, -0.15) is 0 Å². The summed E-state index contributed by atoms with van der Waals surface area (Å²) in [5.74, 6) is -0.254. The Morgan fingerprint density at radius 3 is 2.00 bits per heavy atom. The Morgan fingerprint density at radius 1 is 0.833 bits per heavy atom. The number of carbonyl (C=O) groups is 2. The minimum atomic E-state index is -0.303. The van der Waals surface area contributed by atoms with Gasteiger partial charge < -0.3 is 16.0 Å². The minimum Gasteiger partial charge on any atom is -0.376 e. The Balaban J connectivity index is 1.89. The standard InChI is InChI=1S/C25H35N3O2/c1-17-8-11-21(14-18(17)2)26-15-22(29)27-20-12-9-19(10-13-20)23(30)28-25(6,7)16-24(3,4)5/h8-14,26H,15-16H2,1-7H3,(H,27,29)(H,28,30). The van der Waals surface area contributed by atoms with Gasteiger partial charge in [-0.15, -0.1) is 0 Å². The molecule has 0 bridgehead atoms. The van der Waals surface area contributed by atoms with Gasteiger partial charge in [0.25, 0.3) is 5.91 Å². The Hall–Kier alpha value is -2.82. The van der Waals surface area contributed by atoms with Crippen molar-refractivity contribution in [2.45, 2.75) is 60.4 Å². The van der Waals surface area contributed by atoms with E-state index in [-0.39, 0.29) is 29.3 Å². The lowest BCUT2D eigenvalue weighted by atomic mass is 9.81. The van der Waals surface area contributed by atoms with E-state index < -0.39 is 0 Å². The first-order valence-electron chi connectivity index (χ1n) is 10.4. The Kier molecular flexibility index (Phi) is 7.30. The molecule has 2 rings (SSSR count). The van der Waals surface area contributed by atoms with E-state index in [4.69, 9.17) is 0 Å². The van der Waals surface area contributed by atoms with E-state index in [2.05, 4.69) is 43.6 Å². The second kappa shape index (κ2) is 9.33. The first-order chi connectivity index (χ1) is 13.8. The van der Waals surface area contributed by atoms with Crippen molar-refractivity contribution >= 4 is 23.2 Å². The lowest BCUT2D eigenvalue weighted by Gasteiger charge is -2.33. The third-order valence-electron chi connectivity index (χ3n) is 4.82. The summed E-state index contributed by atoms with van der Waals surface area (Å²) in [6.07, 6.45) is 0.868. The van der Waals surface area contributed by atoms with Crippen molar-refractivity contribution in [3.8, 4) is 0 Å². The molecule has 0 saturated carbocycles. The molecule has 0 aliphatic heterocycles. The van der Waals surface area contributed by atoms with Crippen LogP contribution in [0.4, 0.5) is 11.4 Å². The van der Waals surface area contributed by atoms with Crippen LogP contribution >= 0.6 is 0 Å². The molecule has 0 heterocycles. The van der Waals surface area contributed by atoms with Gasteiger partial charge in [0.05, 0.1) is 6.54 Å². The van der Waals surface area contributed by atoms with Crippen LogP contribution in [-0.2, 0) is 4.79 Å². The smallest absolute Gasteiger partial charge is 0.251 e. The maximum atomic E-state index is 12.6. The molecule has 3 N–H and O–H groups in total. The van der Waals surface area contributed by atoms with Gasteiger partial charge in [-0.05, 0) is 87.1 Å². The van der Waals surface area contributed by atoms with Crippen molar-refractivity contribution in [1.29, 1.82) is 0 Å². The molecule has 0 spiro atoms. The van der Waals surface area contributed by atoms with E-state index in [0.29, 0.717) is 11.3 Å². The molecule has 5 heteroatoms. The quantitative estimate of drug-likeness (QED) is 0.581. The van der Waals surface area contributed by atoms with E-state index >= 15 is 0 Å². The fraction of sp³-hybridized carbons (Fsp3) is 0.440. The van der Waals surface area contributed by atoms with Crippen molar-refractivity contribution in [3.05, 3.63) is 59.2 Å². The van der Waals surface area contributed by atoms with Gasteiger partial charge in [0, 0.05) is 22.5 Å². The van der Waals surface area contributed by atoms with Gasteiger partial charge >= 0.3 is 0 Å². The van der Waals surface area contributed by atoms with Gasteiger partial charge in [0.1, 0.15) is 0 Å². The van der Waals surface area contributed by atoms with E-state index in [9.17, 15) is 9.59 Å². The van der Waals surface area contributed by atoms with Crippen molar-refractivity contribution in [3.63, 3.8) is 0 Å². The molecule has 0 atom stereocenters. The van der Waals surface area contributed by atoms with Crippen LogP contribution in [0.1, 0.15) is 62.5 Å². The van der Waals surface area contributed by atoms with Crippen molar-refractivity contribution in [1.82, 2.24) is 5.32 Å². The Labute approximate surface area is 180 Å². The number of hydrogen-bond acceptors (Lipinski definition) is 3. The average molecular weight is 410 g/mol. The highest BCUT2D eigenvalue weighted by atomic mass is 16.2. The monoisotopic (exact) mass is 409 g/mol. The van der Waals surface area contributed by atoms with E-state index in [1.807, 2.05) is 39.0 Å². The number of aryl methyl sites for hydroxylation is 2. The molecule has 2 aromatic rings. The molecular weight excluding hydrogens is 374 g/mol. The third kappa shape index (κ3) is 7.54. The van der Waals surface area contributed by atoms with Crippen LogP contribution in [0.25, 0.3) is 0 Å². The normalized spacial score (nSPS) is 11.7. The molecule has 5 nitrogen and oxygen atoms in total. The zero-order valence-electron chi connectivity index (χ0n) is 19.3. The predicted octanol–water partition coefficient (Wildman–Crippen LogP) is 5.30. The maximum Gasteiger partial charge on any atom is 0.251 e. The molecule has 2 aromatic carbocycles. The number of rotatable bonds is 7. The summed E-state index contributed by atoms with van der Waals surface area (Å²) in [7, 11) is 0. The van der Waals surface area contributed by atoms with Crippen LogP contribution in [-0.4, -0.2) is 23.9 Å². The Bertz CT molecular complexity index is 894. The van der Waals surface area contributed by atoms with Crippen molar-refractivity contribution in [2.75, 3.05) is 17.2 Å². The van der Waals surface area contributed by atoms with Crippen molar-refractivity contribution in [2.24, 2.45) is 5.41 Å². The van der Waals surface area contributed by atoms with Gasteiger partial charge in [0.15, 0.2) is 0 Å². The molecule has 0 aromatic heterocycles. The lowest BCUT2D eigenvalue weighted by Crippen LogP contribution is -2.45. The average Bonchev–Trinajstić information content (AvgIpc) is 2.61. The van der Waals surface area contributed by atoms with Gasteiger partial charge in [-0.1, -0.05) is 26.8 Å². The van der Waals surface area contributed by atoms with Crippen molar-refractivity contribution < 1.29 is 9.59 Å². The molecule has 0 aliphatic carbocycles. The SMILES string of the molecule is Cc1ccc(NCC(=O)Nc2ccc(C(=O)NC(C)(C)CC(C)(C)C)cc2)cc1C. The summed E-state index contributed by atoms with van der Waals surface area (Å²) in [5.41, 5.74) is 4.36. The molecule has 30 heavy (non-hydrogen) atoms. The fourth-order valence-electron chi connectivity index (χ4n) is 3.69. The summed E-state index contributed by atoms with van der Waals surface area (Å²) in [4.78, 5) is 24.8. The minimum absolute atomic E-state index is 0.112. The maximum absolute atomic E-state index is 12.6. The molecule has 0 radical (unpaired) electrons. The summed E-state index contributed by atoms with van der Waals surface area (Å²) in [5, 5.41) is 9.08. The number of hydrogen-bond donors (Lipinski definition) is 3. The first kappa shape index (κ1) is 23.5. The van der Waals surface area contributed by atoms with Crippen LogP contribution in [0, 0.1) is 19.3 Å². The fourth-order valence-corrected chi connectivity index (χ4v) is 3.69. The van der Waals surface area contributed by atoms with Crippen LogP contribution in [0.15, 0.2) is 42.5 Å². The van der Waals surface area contributed by atoms with E-state index in [1.54, 1.807) is 24.3 Å². The summed E-state index contributed by atoms with van der Waals surface area (Å²) >= 11 is 0. The van der Waals surface area contributed by atoms with E-state index in [0.717, 1.165) is 12.1 Å². The topological polar surface area (TPSA) is 70.2 Å². The third-order valence-corrected chi connectivity index (χ3v) is 4.82. The largest absolute Gasteiger partial charge is 0.376 e. The summed E-state index contributed by atoms with van der Waals surface area (Å²) < 4.78 is 0. The molecular formula is C25H35N3O2. The van der Waals surface area contributed by atoms with Gasteiger partial charge in [-0.3, -0.25) is 9.59 Å². The zero-order chi connectivity index (χ0) is 22.5. The molecule has 0 unspecified atom stereocenters. The molecule has 2 amide bonds. The van der Waals surface area contributed by atoms with Crippen LogP contribution in [0.2, 0.25) is 0 Å². The lowest BCUT2D eigenvalue weighted by molar-refractivity contribution is -0.114. The van der Waals surface area contributed by atoms with Crippen LogP contribution in [0.5, 0.6) is 0 Å². The van der Waals surface area contributed by atoms with Crippen LogP contribution in [0.3, 0.4) is 0 Å². The number of nitrogens with one attached hydrogen (secondary N) is 3. The number of benzene rings is 2. The molecule has 0 fully saturated rings. The highest BCUT2D eigenvalue weighted by Crippen LogP contribution is 2.27. The number of amides is 2. The number of carbonyl (C=O) groups excluding carboxylic acids is 2. The second-order valence-corrected chi connectivity index (χ2v) is 9.85. The first-order valence-corrected chi connectivity index (χ1v) is 10.4. The molecule has 162 valence electrons. The highest BCUT2D eigenvalue weighted by Gasteiger charge is 2.27. The molecule has 0 saturated heterocycles. The zero-order valence-corrected chi connectivity index (χ0v) is 19.3. The van der Waals surface area contributed by atoms with Gasteiger partial charge in [-0.25, -0.2) is 0 Å². The predicted molar refractivity (Wildman–Crippen MR) is 125 cm³/mol. The van der Waals surface area contributed by atoms with E-state index in [1.165, 1.54) is 11.1 Å². The van der Waals surface area contributed by atoms with Crippen LogP contribution < -0.4 is 16.0 Å². The van der Waals surface area contributed by atoms with Gasteiger partial charge in [0.2, 0.25) is 5.91 Å². The summed E-state index contributed by atoms with van der Waals surface area (Å²) in [6.45, 7) is 14.8. The summed E-state index contributed by atoms with van der Waals surface area (Å²) in [6, 6.07) is 13.0. The highest BCUT2D eigenvalue weighted by molar-refractivity contribution is 5.97.